The molecule has 9 heavy (non-hydrogen) atoms. The molecule has 1 atom stereocenters. The molecule has 3 nitrogen and oxygen atoms in total. The number of aliphatic hydroxyl groups is 1. The van der Waals surface area contributed by atoms with Crippen LogP contribution in [-0.4, -0.2) is 42.8 Å². The first-order valence-corrected chi connectivity index (χ1v) is 3.21. The van der Waals surface area contributed by atoms with Gasteiger partial charge in [0.2, 0.25) is 0 Å². The van der Waals surface area contributed by atoms with Crippen LogP contribution in [0.3, 0.4) is 0 Å². The second kappa shape index (κ2) is 4.73. The van der Waals surface area contributed by atoms with Crippen LogP contribution in [0.2, 0.25) is 0 Å². The molecule has 0 bridgehead atoms. The van der Waals surface area contributed by atoms with Gasteiger partial charge in [-0.25, -0.2) is 0 Å². The van der Waals surface area contributed by atoms with E-state index in [0.29, 0.717) is 6.54 Å². The van der Waals surface area contributed by atoms with Gasteiger partial charge in [0.25, 0.3) is 0 Å². The van der Waals surface area contributed by atoms with Gasteiger partial charge in [-0.15, -0.1) is 0 Å². The average molecular weight is 132 g/mol. The summed E-state index contributed by atoms with van der Waals surface area (Å²) in [6.45, 7) is 3.72. The molecular weight excluding hydrogens is 116 g/mol. The summed E-state index contributed by atoms with van der Waals surface area (Å²) in [6.07, 6.45) is 0. The predicted molar refractivity (Wildman–Crippen MR) is 38.2 cm³/mol. The molecule has 0 radical (unpaired) electrons. The maximum atomic E-state index is 8.47. The normalized spacial score (nSPS) is 14.3. The molecule has 0 unspecified atom stereocenters. The van der Waals surface area contributed by atoms with Crippen molar-refractivity contribution in [3.8, 4) is 0 Å². The van der Waals surface area contributed by atoms with Crippen molar-refractivity contribution in [1.29, 1.82) is 0 Å². The maximum Gasteiger partial charge on any atom is 0.0558 e. The van der Waals surface area contributed by atoms with Crippen molar-refractivity contribution in [2.24, 2.45) is 5.73 Å². The maximum absolute atomic E-state index is 8.47. The van der Waals surface area contributed by atoms with Crippen molar-refractivity contribution in [2.45, 2.75) is 13.0 Å². The van der Waals surface area contributed by atoms with Crippen molar-refractivity contribution < 1.29 is 5.11 Å². The third-order valence-corrected chi connectivity index (χ3v) is 1.08. The first kappa shape index (κ1) is 8.88. The van der Waals surface area contributed by atoms with E-state index in [2.05, 4.69) is 0 Å². The molecule has 0 aromatic heterocycles. The van der Waals surface area contributed by atoms with Gasteiger partial charge in [-0.1, -0.05) is 0 Å². The Labute approximate surface area is 56.5 Å². The summed E-state index contributed by atoms with van der Waals surface area (Å²) in [4.78, 5) is 2.00. The van der Waals surface area contributed by atoms with Crippen LogP contribution in [0.5, 0.6) is 0 Å². The summed E-state index contributed by atoms with van der Waals surface area (Å²) in [7, 11) is 1.94. The highest BCUT2D eigenvalue weighted by Gasteiger charge is 1.98. The molecule has 0 aliphatic heterocycles. The Morgan fingerprint density at radius 1 is 1.67 bits per heavy atom. The molecule has 0 spiro atoms. The Bertz CT molecular complexity index is 66.1. The molecule has 0 aliphatic rings. The first-order chi connectivity index (χ1) is 4.16. The molecule has 0 saturated carbocycles. The van der Waals surface area contributed by atoms with Crippen molar-refractivity contribution in [3.63, 3.8) is 0 Å². The lowest BCUT2D eigenvalue weighted by atomic mass is 10.3. The van der Waals surface area contributed by atoms with Crippen LogP contribution in [-0.2, 0) is 0 Å². The van der Waals surface area contributed by atoms with Gasteiger partial charge in [-0.05, 0) is 14.0 Å². The van der Waals surface area contributed by atoms with Crippen LogP contribution in [0, 0.1) is 0 Å². The van der Waals surface area contributed by atoms with Crippen molar-refractivity contribution in [1.82, 2.24) is 4.90 Å². The second-order valence-corrected chi connectivity index (χ2v) is 2.46. The quantitative estimate of drug-likeness (QED) is 0.529. The number of nitrogens with zero attached hydrogens (tertiary/aromatic N) is 1. The monoisotopic (exact) mass is 132 g/mol. The minimum atomic E-state index is 0.196. The Morgan fingerprint density at radius 2 is 2.22 bits per heavy atom. The summed E-state index contributed by atoms with van der Waals surface area (Å²) in [5, 5.41) is 8.47. The van der Waals surface area contributed by atoms with Gasteiger partial charge in [0, 0.05) is 19.1 Å². The second-order valence-electron chi connectivity index (χ2n) is 2.46. The van der Waals surface area contributed by atoms with Gasteiger partial charge < -0.3 is 15.7 Å². The lowest BCUT2D eigenvalue weighted by molar-refractivity contribution is 0.216. The zero-order valence-corrected chi connectivity index (χ0v) is 6.17. The van der Waals surface area contributed by atoms with Gasteiger partial charge in [-0.2, -0.15) is 0 Å². The zero-order chi connectivity index (χ0) is 7.28. The van der Waals surface area contributed by atoms with E-state index in [1.165, 1.54) is 0 Å². The third kappa shape index (κ3) is 5.76. The smallest absolute Gasteiger partial charge is 0.0558 e. The zero-order valence-electron chi connectivity index (χ0n) is 6.17. The number of rotatable bonds is 4. The minimum Gasteiger partial charge on any atom is -0.395 e. The molecule has 0 heterocycles. The number of aliphatic hydroxyl groups excluding tert-OH is 1. The molecular formula is C6H16N2O. The third-order valence-electron chi connectivity index (χ3n) is 1.08. The molecule has 0 saturated heterocycles. The van der Waals surface area contributed by atoms with Gasteiger partial charge >= 0.3 is 0 Å². The highest BCUT2D eigenvalue weighted by molar-refractivity contribution is 4.58. The Hall–Kier alpha value is -0.120. The van der Waals surface area contributed by atoms with E-state index in [4.69, 9.17) is 10.8 Å². The highest BCUT2D eigenvalue weighted by Crippen LogP contribution is 1.82. The molecule has 3 heteroatoms. The number of nitrogens with two attached hydrogens (primary N) is 1. The predicted octanol–water partition coefficient (Wildman–Crippen LogP) is -0.742. The van der Waals surface area contributed by atoms with E-state index < -0.39 is 0 Å². The Balaban J connectivity index is 3.15. The van der Waals surface area contributed by atoms with Crippen molar-refractivity contribution in [3.05, 3.63) is 0 Å². The van der Waals surface area contributed by atoms with E-state index in [0.717, 1.165) is 6.54 Å². The van der Waals surface area contributed by atoms with E-state index in [1.54, 1.807) is 0 Å². The fourth-order valence-electron chi connectivity index (χ4n) is 0.754. The summed E-state index contributed by atoms with van der Waals surface area (Å²) in [6, 6.07) is 0.196. The van der Waals surface area contributed by atoms with E-state index in [9.17, 15) is 0 Å². The first-order valence-electron chi connectivity index (χ1n) is 3.21. The summed E-state index contributed by atoms with van der Waals surface area (Å²) >= 11 is 0. The Kier molecular flexibility index (Phi) is 4.67. The van der Waals surface area contributed by atoms with Crippen molar-refractivity contribution >= 4 is 0 Å². The average Bonchev–Trinajstić information content (AvgIpc) is 1.63. The molecule has 56 valence electrons. The largest absolute Gasteiger partial charge is 0.395 e. The van der Waals surface area contributed by atoms with Crippen LogP contribution in [0.4, 0.5) is 0 Å². The van der Waals surface area contributed by atoms with E-state index in [-0.39, 0.29) is 12.6 Å². The standard InChI is InChI=1S/C6H16N2O/c1-6(7)5-8(2)3-4-9/h6,9H,3-5,7H2,1-2H3/t6-/m0/s1. The molecule has 0 aromatic rings. The van der Waals surface area contributed by atoms with Gasteiger partial charge in [0.05, 0.1) is 6.61 Å². The lowest BCUT2D eigenvalue weighted by Gasteiger charge is -2.16. The number of hydrogen-bond acceptors (Lipinski definition) is 3. The minimum absolute atomic E-state index is 0.196. The fourth-order valence-corrected chi connectivity index (χ4v) is 0.754. The van der Waals surface area contributed by atoms with E-state index >= 15 is 0 Å². The number of likely N-dealkylation sites (N-methyl/N-ethyl adjacent to an activating group) is 1. The summed E-state index contributed by atoms with van der Waals surface area (Å²) in [5.41, 5.74) is 5.50. The highest BCUT2D eigenvalue weighted by atomic mass is 16.3. The molecule has 3 N–H and O–H groups in total. The molecule has 0 aliphatic carbocycles. The fraction of sp³-hybridized carbons (Fsp3) is 1.00. The van der Waals surface area contributed by atoms with E-state index in [1.807, 2.05) is 18.9 Å². The van der Waals surface area contributed by atoms with Gasteiger partial charge in [0.1, 0.15) is 0 Å². The van der Waals surface area contributed by atoms with Crippen LogP contribution in [0.1, 0.15) is 6.92 Å². The molecule has 0 aromatic carbocycles. The molecule has 0 amide bonds. The van der Waals surface area contributed by atoms with Crippen LogP contribution in [0.25, 0.3) is 0 Å². The van der Waals surface area contributed by atoms with Gasteiger partial charge in [-0.3, -0.25) is 0 Å². The SMILES string of the molecule is C[C@H](N)CN(C)CCO. The Morgan fingerprint density at radius 3 is 2.56 bits per heavy atom. The topological polar surface area (TPSA) is 49.5 Å². The molecule has 0 fully saturated rings. The molecule has 0 rings (SSSR count). The van der Waals surface area contributed by atoms with Crippen LogP contribution >= 0.6 is 0 Å². The summed E-state index contributed by atoms with van der Waals surface area (Å²) in [5.74, 6) is 0. The lowest BCUT2D eigenvalue weighted by Crippen LogP contribution is -2.34. The van der Waals surface area contributed by atoms with Crippen molar-refractivity contribution in [2.75, 3.05) is 26.7 Å². The van der Waals surface area contributed by atoms with Gasteiger partial charge in [0.15, 0.2) is 0 Å². The number of hydrogen-bond donors (Lipinski definition) is 2. The summed E-state index contributed by atoms with van der Waals surface area (Å²) < 4.78 is 0. The van der Waals surface area contributed by atoms with Crippen LogP contribution < -0.4 is 5.73 Å². The van der Waals surface area contributed by atoms with Crippen LogP contribution in [0.15, 0.2) is 0 Å².